The van der Waals surface area contributed by atoms with Crippen LogP contribution >= 0.6 is 15.9 Å². The fraction of sp³-hybridized carbons (Fsp3) is 0.333. The third-order valence-corrected chi connectivity index (χ3v) is 3.12. The van der Waals surface area contributed by atoms with Crippen molar-refractivity contribution < 1.29 is 0 Å². The molecule has 0 unspecified atom stereocenters. The van der Waals surface area contributed by atoms with Crippen LogP contribution in [-0.4, -0.2) is 14.1 Å². The van der Waals surface area contributed by atoms with Crippen LogP contribution in [0.15, 0.2) is 33.9 Å². The van der Waals surface area contributed by atoms with Crippen molar-refractivity contribution in [2.75, 3.05) is 0 Å². The summed E-state index contributed by atoms with van der Waals surface area (Å²) >= 11 is 3.40. The molecule has 2 aromatic heterocycles. The Morgan fingerprint density at radius 3 is 2.88 bits per heavy atom. The summed E-state index contributed by atoms with van der Waals surface area (Å²) in [6, 6.07) is 1.82. The molecule has 5 heteroatoms. The Morgan fingerprint density at radius 1 is 1.41 bits per heavy atom. The second kappa shape index (κ2) is 4.87. The minimum absolute atomic E-state index is 0.0267. The van der Waals surface area contributed by atoms with Crippen molar-refractivity contribution in [2.45, 2.75) is 26.9 Å². The van der Waals surface area contributed by atoms with E-state index in [-0.39, 0.29) is 5.56 Å². The van der Waals surface area contributed by atoms with Crippen molar-refractivity contribution in [3.05, 3.63) is 50.9 Å². The highest BCUT2D eigenvalue weighted by atomic mass is 79.9. The zero-order valence-corrected chi connectivity index (χ0v) is 11.4. The number of hydrogen-bond donors (Lipinski definition) is 0. The molecule has 90 valence electrons. The first-order chi connectivity index (χ1) is 8.11. The van der Waals surface area contributed by atoms with Crippen LogP contribution in [0.4, 0.5) is 0 Å². The van der Waals surface area contributed by atoms with E-state index in [1.54, 1.807) is 17.0 Å². The van der Waals surface area contributed by atoms with Crippen LogP contribution in [0.3, 0.4) is 0 Å². The lowest BCUT2D eigenvalue weighted by molar-refractivity contribution is 0.636. The second-order valence-electron chi connectivity index (χ2n) is 3.90. The average Bonchev–Trinajstić information content (AvgIpc) is 2.72. The highest BCUT2D eigenvalue weighted by Crippen LogP contribution is 2.09. The zero-order chi connectivity index (χ0) is 12.4. The van der Waals surface area contributed by atoms with Crippen LogP contribution in [0.5, 0.6) is 0 Å². The Morgan fingerprint density at radius 2 is 2.18 bits per heavy atom. The number of aryl methyl sites for hydroxylation is 2. The highest BCUT2D eigenvalue weighted by Gasteiger charge is 2.06. The van der Waals surface area contributed by atoms with Crippen LogP contribution in [0.1, 0.15) is 18.3 Å². The van der Waals surface area contributed by atoms with Gasteiger partial charge in [-0.25, -0.2) is 4.98 Å². The number of nitrogens with zero attached hydrogens (tertiary/aromatic N) is 3. The summed E-state index contributed by atoms with van der Waals surface area (Å²) in [5.41, 5.74) is 0.757. The van der Waals surface area contributed by atoms with Gasteiger partial charge in [0, 0.05) is 35.2 Å². The fourth-order valence-corrected chi connectivity index (χ4v) is 2.38. The summed E-state index contributed by atoms with van der Waals surface area (Å²) in [5.74, 6) is 0.895. The molecular weight excluding hydrogens is 282 g/mol. The van der Waals surface area contributed by atoms with Crippen molar-refractivity contribution in [2.24, 2.45) is 0 Å². The average molecular weight is 296 g/mol. The minimum Gasteiger partial charge on any atom is -0.334 e. The van der Waals surface area contributed by atoms with Crippen molar-refractivity contribution in [3.8, 4) is 0 Å². The van der Waals surface area contributed by atoms with E-state index in [9.17, 15) is 4.79 Å². The maximum Gasteiger partial charge on any atom is 0.253 e. The van der Waals surface area contributed by atoms with Crippen LogP contribution in [0.2, 0.25) is 0 Å². The van der Waals surface area contributed by atoms with Crippen LogP contribution in [-0.2, 0) is 13.1 Å². The summed E-state index contributed by atoms with van der Waals surface area (Å²) in [6.45, 7) is 5.23. The minimum atomic E-state index is 0.0267. The van der Waals surface area contributed by atoms with Gasteiger partial charge in [0.2, 0.25) is 0 Å². The molecule has 0 aliphatic rings. The molecule has 2 heterocycles. The van der Waals surface area contributed by atoms with Crippen molar-refractivity contribution in [3.63, 3.8) is 0 Å². The summed E-state index contributed by atoms with van der Waals surface area (Å²) in [4.78, 5) is 16.2. The Kier molecular flexibility index (Phi) is 3.47. The lowest BCUT2D eigenvalue weighted by Crippen LogP contribution is -2.23. The van der Waals surface area contributed by atoms with Gasteiger partial charge >= 0.3 is 0 Å². The Hall–Kier alpha value is -1.36. The molecule has 2 aromatic rings. The van der Waals surface area contributed by atoms with E-state index in [1.165, 1.54) is 0 Å². The van der Waals surface area contributed by atoms with Gasteiger partial charge < -0.3 is 9.13 Å². The van der Waals surface area contributed by atoms with Crippen molar-refractivity contribution >= 4 is 15.9 Å². The molecule has 4 nitrogen and oxygen atoms in total. The maximum absolute atomic E-state index is 12.0. The number of rotatable bonds is 3. The van der Waals surface area contributed by atoms with Gasteiger partial charge in [-0.2, -0.15) is 0 Å². The summed E-state index contributed by atoms with van der Waals surface area (Å²) in [7, 11) is 0. The van der Waals surface area contributed by atoms with E-state index >= 15 is 0 Å². The smallest absolute Gasteiger partial charge is 0.253 e. The number of pyridine rings is 1. The molecule has 2 rings (SSSR count). The van der Waals surface area contributed by atoms with Crippen molar-refractivity contribution in [1.82, 2.24) is 14.1 Å². The van der Waals surface area contributed by atoms with E-state index < -0.39 is 0 Å². The molecular formula is C12H14BrN3O. The molecule has 0 saturated heterocycles. The van der Waals surface area contributed by atoms with E-state index in [1.807, 2.05) is 23.8 Å². The molecule has 0 atom stereocenters. The number of imidazole rings is 1. The predicted octanol–water partition coefficient (Wildman–Crippen LogP) is 2.18. The third kappa shape index (κ3) is 2.49. The molecule has 0 N–H and O–H groups in total. The standard InChI is InChI=1S/C12H14BrN3O/c1-3-15-5-4-14-11(15)8-16-7-10(13)6-9(2)12(16)17/h4-7H,3,8H2,1-2H3. The van der Waals surface area contributed by atoms with Gasteiger partial charge in [-0.05, 0) is 35.8 Å². The Labute approximate surface area is 108 Å². The first-order valence-corrected chi connectivity index (χ1v) is 6.27. The molecule has 0 aromatic carbocycles. The normalized spacial score (nSPS) is 10.8. The van der Waals surface area contributed by atoms with Gasteiger partial charge in [0.15, 0.2) is 0 Å². The quantitative estimate of drug-likeness (QED) is 0.871. The SMILES string of the molecule is CCn1ccnc1Cn1cc(Br)cc(C)c1=O. The summed E-state index contributed by atoms with van der Waals surface area (Å²) in [6.07, 6.45) is 5.48. The van der Waals surface area contributed by atoms with Crippen LogP contribution in [0.25, 0.3) is 0 Å². The van der Waals surface area contributed by atoms with Gasteiger partial charge in [0.05, 0.1) is 6.54 Å². The lowest BCUT2D eigenvalue weighted by Gasteiger charge is -2.09. The molecule has 0 amide bonds. The third-order valence-electron chi connectivity index (χ3n) is 2.69. The predicted molar refractivity (Wildman–Crippen MR) is 70.1 cm³/mol. The number of aromatic nitrogens is 3. The zero-order valence-electron chi connectivity index (χ0n) is 9.85. The number of hydrogen-bond acceptors (Lipinski definition) is 2. The fourth-order valence-electron chi connectivity index (χ4n) is 1.79. The van der Waals surface area contributed by atoms with E-state index in [0.29, 0.717) is 6.54 Å². The van der Waals surface area contributed by atoms with E-state index in [4.69, 9.17) is 0 Å². The molecule has 0 aliphatic heterocycles. The van der Waals surface area contributed by atoms with Crippen LogP contribution < -0.4 is 5.56 Å². The first kappa shape index (κ1) is 12.1. The molecule has 0 fully saturated rings. The molecule has 0 bridgehead atoms. The summed E-state index contributed by atoms with van der Waals surface area (Å²) in [5, 5.41) is 0. The molecule has 17 heavy (non-hydrogen) atoms. The van der Waals surface area contributed by atoms with Gasteiger partial charge in [-0.15, -0.1) is 0 Å². The molecule has 0 aliphatic carbocycles. The van der Waals surface area contributed by atoms with Gasteiger partial charge in [-0.3, -0.25) is 4.79 Å². The summed E-state index contributed by atoms with van der Waals surface area (Å²) < 4.78 is 4.61. The largest absolute Gasteiger partial charge is 0.334 e. The molecule has 0 saturated carbocycles. The van der Waals surface area contributed by atoms with Gasteiger partial charge in [0.1, 0.15) is 5.82 Å². The molecule has 0 spiro atoms. The van der Waals surface area contributed by atoms with Crippen molar-refractivity contribution in [1.29, 1.82) is 0 Å². The van der Waals surface area contributed by atoms with Gasteiger partial charge in [0.25, 0.3) is 5.56 Å². The Bertz CT molecular complexity index is 586. The van der Waals surface area contributed by atoms with E-state index in [2.05, 4.69) is 27.8 Å². The highest BCUT2D eigenvalue weighted by molar-refractivity contribution is 9.10. The first-order valence-electron chi connectivity index (χ1n) is 5.48. The van der Waals surface area contributed by atoms with Crippen LogP contribution in [0, 0.1) is 6.92 Å². The topological polar surface area (TPSA) is 39.8 Å². The van der Waals surface area contributed by atoms with Gasteiger partial charge in [-0.1, -0.05) is 0 Å². The number of halogens is 1. The molecule has 0 radical (unpaired) electrons. The lowest BCUT2D eigenvalue weighted by atomic mass is 10.3. The Balaban J connectivity index is 2.40. The van der Waals surface area contributed by atoms with E-state index in [0.717, 1.165) is 22.4 Å². The second-order valence-corrected chi connectivity index (χ2v) is 4.82. The monoisotopic (exact) mass is 295 g/mol. The maximum atomic E-state index is 12.0.